The normalized spacial score (nSPS) is 16.9. The van der Waals surface area contributed by atoms with E-state index in [2.05, 4.69) is 24.2 Å². The molecular formula is C9H16N4. The molecule has 4 heteroatoms. The van der Waals surface area contributed by atoms with Gasteiger partial charge >= 0.3 is 0 Å². The van der Waals surface area contributed by atoms with Crippen molar-refractivity contribution in [3.63, 3.8) is 0 Å². The van der Waals surface area contributed by atoms with Gasteiger partial charge in [-0.3, -0.25) is 0 Å². The van der Waals surface area contributed by atoms with E-state index in [9.17, 15) is 0 Å². The molecule has 2 rings (SSSR count). The van der Waals surface area contributed by atoms with Gasteiger partial charge in [0.05, 0.1) is 11.4 Å². The van der Waals surface area contributed by atoms with Crippen molar-refractivity contribution in [1.82, 2.24) is 15.0 Å². The number of hydrogen-bond acceptors (Lipinski definition) is 3. The van der Waals surface area contributed by atoms with Crippen LogP contribution in [0.15, 0.2) is 0 Å². The maximum atomic E-state index is 5.70. The largest absolute Gasteiger partial charge is 0.325 e. The van der Waals surface area contributed by atoms with Gasteiger partial charge in [-0.05, 0) is 26.7 Å². The minimum atomic E-state index is 0.360. The molecule has 13 heavy (non-hydrogen) atoms. The molecule has 0 bridgehead atoms. The summed E-state index contributed by atoms with van der Waals surface area (Å²) in [5, 5.41) is 8.34. The smallest absolute Gasteiger partial charge is 0.0903 e. The van der Waals surface area contributed by atoms with Crippen molar-refractivity contribution in [2.75, 3.05) is 0 Å². The summed E-state index contributed by atoms with van der Waals surface area (Å²) in [5.41, 5.74) is 7.96. The van der Waals surface area contributed by atoms with Crippen molar-refractivity contribution in [3.8, 4) is 0 Å². The Morgan fingerprint density at radius 3 is 2.69 bits per heavy atom. The summed E-state index contributed by atoms with van der Waals surface area (Å²) in [4.78, 5) is 0. The van der Waals surface area contributed by atoms with Gasteiger partial charge in [0.15, 0.2) is 0 Å². The molecule has 72 valence electrons. The summed E-state index contributed by atoms with van der Waals surface area (Å²) >= 11 is 0. The van der Waals surface area contributed by atoms with Crippen LogP contribution >= 0.6 is 0 Å². The number of aromatic nitrogens is 3. The summed E-state index contributed by atoms with van der Waals surface area (Å²) in [6, 6.07) is 0.360. The Labute approximate surface area is 78.1 Å². The Balaban J connectivity index is 2.35. The SMILES string of the molecule is CC(C)n1nnc(C2CC2)c1CN. The second kappa shape index (κ2) is 3.10. The predicted molar refractivity (Wildman–Crippen MR) is 50.3 cm³/mol. The second-order valence-corrected chi connectivity index (χ2v) is 3.94. The molecule has 0 unspecified atom stereocenters. The quantitative estimate of drug-likeness (QED) is 0.760. The molecule has 0 amide bonds. The molecule has 0 atom stereocenters. The molecule has 0 aromatic carbocycles. The standard InChI is InChI=1S/C9H16N4/c1-6(2)13-8(5-10)9(11-12-13)7-3-4-7/h6-7H,3-5,10H2,1-2H3. The van der Waals surface area contributed by atoms with Crippen LogP contribution in [0.3, 0.4) is 0 Å². The minimum absolute atomic E-state index is 0.360. The molecule has 1 aromatic rings. The van der Waals surface area contributed by atoms with Gasteiger partial charge in [-0.15, -0.1) is 5.10 Å². The van der Waals surface area contributed by atoms with Crippen molar-refractivity contribution < 1.29 is 0 Å². The lowest BCUT2D eigenvalue weighted by Gasteiger charge is -2.08. The van der Waals surface area contributed by atoms with Crippen molar-refractivity contribution in [1.29, 1.82) is 0 Å². The summed E-state index contributed by atoms with van der Waals surface area (Å²) in [7, 11) is 0. The van der Waals surface area contributed by atoms with Crippen LogP contribution in [-0.4, -0.2) is 15.0 Å². The lowest BCUT2D eigenvalue weighted by Crippen LogP contribution is -2.12. The Kier molecular flexibility index (Phi) is 2.07. The molecular weight excluding hydrogens is 164 g/mol. The molecule has 1 aliphatic carbocycles. The van der Waals surface area contributed by atoms with E-state index in [1.165, 1.54) is 12.8 Å². The third-order valence-corrected chi connectivity index (χ3v) is 2.47. The average molecular weight is 180 g/mol. The second-order valence-electron chi connectivity index (χ2n) is 3.94. The van der Waals surface area contributed by atoms with Crippen molar-refractivity contribution in [2.24, 2.45) is 5.73 Å². The van der Waals surface area contributed by atoms with E-state index in [4.69, 9.17) is 5.73 Å². The Bertz CT molecular complexity index is 279. The van der Waals surface area contributed by atoms with E-state index in [1.807, 2.05) is 4.68 Å². The first-order valence-electron chi connectivity index (χ1n) is 4.88. The van der Waals surface area contributed by atoms with Crippen molar-refractivity contribution in [3.05, 3.63) is 11.4 Å². The molecule has 1 fully saturated rings. The van der Waals surface area contributed by atoms with E-state index in [0.29, 0.717) is 18.5 Å². The molecule has 0 aliphatic heterocycles. The number of nitrogens with zero attached hydrogens (tertiary/aromatic N) is 3. The number of nitrogens with two attached hydrogens (primary N) is 1. The Hall–Kier alpha value is -0.900. The first-order valence-corrected chi connectivity index (χ1v) is 4.88. The van der Waals surface area contributed by atoms with Crippen LogP contribution in [0.1, 0.15) is 50.0 Å². The van der Waals surface area contributed by atoms with Crippen molar-refractivity contribution in [2.45, 2.75) is 45.2 Å². The minimum Gasteiger partial charge on any atom is -0.325 e. The van der Waals surface area contributed by atoms with Crippen molar-refractivity contribution >= 4 is 0 Å². The third-order valence-electron chi connectivity index (χ3n) is 2.47. The van der Waals surface area contributed by atoms with Crippen LogP contribution in [0.5, 0.6) is 0 Å². The molecule has 4 nitrogen and oxygen atoms in total. The highest BCUT2D eigenvalue weighted by Crippen LogP contribution is 2.40. The monoisotopic (exact) mass is 180 g/mol. The van der Waals surface area contributed by atoms with Crippen LogP contribution in [0.4, 0.5) is 0 Å². The molecule has 1 heterocycles. The molecule has 1 aromatic heterocycles. The molecule has 0 radical (unpaired) electrons. The van der Waals surface area contributed by atoms with E-state index >= 15 is 0 Å². The van der Waals surface area contributed by atoms with Crippen LogP contribution < -0.4 is 5.73 Å². The van der Waals surface area contributed by atoms with Crippen LogP contribution in [0, 0.1) is 0 Å². The van der Waals surface area contributed by atoms with Gasteiger partial charge in [0.25, 0.3) is 0 Å². The fraction of sp³-hybridized carbons (Fsp3) is 0.778. The zero-order chi connectivity index (χ0) is 9.42. The number of rotatable bonds is 3. The third kappa shape index (κ3) is 1.46. The van der Waals surface area contributed by atoms with Crippen LogP contribution in [-0.2, 0) is 6.54 Å². The lowest BCUT2D eigenvalue weighted by atomic mass is 10.2. The Morgan fingerprint density at radius 2 is 2.23 bits per heavy atom. The van der Waals surface area contributed by atoms with E-state index in [1.54, 1.807) is 0 Å². The fourth-order valence-electron chi connectivity index (χ4n) is 1.61. The van der Waals surface area contributed by atoms with Gasteiger partial charge < -0.3 is 5.73 Å². The van der Waals surface area contributed by atoms with E-state index in [-0.39, 0.29) is 0 Å². The topological polar surface area (TPSA) is 56.7 Å². The molecule has 0 spiro atoms. The zero-order valence-corrected chi connectivity index (χ0v) is 8.20. The van der Waals surface area contributed by atoms with Crippen LogP contribution in [0.2, 0.25) is 0 Å². The predicted octanol–water partition coefficient (Wildman–Crippen LogP) is 1.20. The van der Waals surface area contributed by atoms with Gasteiger partial charge in [-0.2, -0.15) is 0 Å². The first kappa shape index (κ1) is 8.69. The summed E-state index contributed by atoms with van der Waals surface area (Å²) in [6.07, 6.45) is 2.51. The zero-order valence-electron chi connectivity index (χ0n) is 8.20. The van der Waals surface area contributed by atoms with Gasteiger partial charge in [-0.25, -0.2) is 4.68 Å². The van der Waals surface area contributed by atoms with Crippen LogP contribution in [0.25, 0.3) is 0 Å². The van der Waals surface area contributed by atoms with Gasteiger partial charge in [0.2, 0.25) is 0 Å². The maximum absolute atomic E-state index is 5.70. The highest BCUT2D eigenvalue weighted by Gasteiger charge is 2.30. The molecule has 1 saturated carbocycles. The maximum Gasteiger partial charge on any atom is 0.0903 e. The van der Waals surface area contributed by atoms with Gasteiger partial charge in [0, 0.05) is 18.5 Å². The molecule has 1 aliphatic rings. The van der Waals surface area contributed by atoms with Gasteiger partial charge in [-0.1, -0.05) is 5.21 Å². The highest BCUT2D eigenvalue weighted by atomic mass is 15.4. The summed E-state index contributed by atoms with van der Waals surface area (Å²) < 4.78 is 1.94. The summed E-state index contributed by atoms with van der Waals surface area (Å²) in [5.74, 6) is 0.644. The van der Waals surface area contributed by atoms with Gasteiger partial charge in [0.1, 0.15) is 0 Å². The average Bonchev–Trinajstić information content (AvgIpc) is 2.84. The van der Waals surface area contributed by atoms with E-state index in [0.717, 1.165) is 11.4 Å². The first-order chi connectivity index (χ1) is 6.24. The Morgan fingerprint density at radius 1 is 1.54 bits per heavy atom. The highest BCUT2D eigenvalue weighted by molar-refractivity contribution is 5.20. The van der Waals surface area contributed by atoms with E-state index < -0.39 is 0 Å². The molecule has 2 N–H and O–H groups in total. The number of hydrogen-bond donors (Lipinski definition) is 1. The summed E-state index contributed by atoms with van der Waals surface area (Å²) in [6.45, 7) is 4.76. The fourth-order valence-corrected chi connectivity index (χ4v) is 1.61. The molecule has 0 saturated heterocycles. The lowest BCUT2D eigenvalue weighted by molar-refractivity contribution is 0.494.